The van der Waals surface area contributed by atoms with Crippen LogP contribution in [-0.4, -0.2) is 30.3 Å². The predicted octanol–water partition coefficient (Wildman–Crippen LogP) is 3.56. The highest BCUT2D eigenvalue weighted by molar-refractivity contribution is 9.11. The fourth-order valence-electron chi connectivity index (χ4n) is 2.26. The zero-order chi connectivity index (χ0) is 16.6. The minimum absolute atomic E-state index is 0.0541. The van der Waals surface area contributed by atoms with Crippen LogP contribution in [0.4, 0.5) is 19.0 Å². The Morgan fingerprint density at radius 3 is 2.83 bits per heavy atom. The highest BCUT2D eigenvalue weighted by atomic mass is 79.9. The summed E-state index contributed by atoms with van der Waals surface area (Å²) in [5.74, 6) is -1.52. The summed E-state index contributed by atoms with van der Waals surface area (Å²) >= 11 is 3.35. The van der Waals surface area contributed by atoms with E-state index in [1.165, 1.54) is 7.11 Å². The average Bonchev–Trinajstić information content (AvgIpc) is 2.90. The lowest BCUT2D eigenvalue weighted by Crippen LogP contribution is -2.35. The maximum Gasteiger partial charge on any atom is 0.387 e. The molecule has 0 saturated carbocycles. The first-order valence-corrected chi connectivity index (χ1v) is 7.30. The Morgan fingerprint density at radius 1 is 1.35 bits per heavy atom. The molecule has 3 rings (SSSR count). The van der Waals surface area contributed by atoms with Crippen molar-refractivity contribution in [2.45, 2.75) is 6.61 Å². The molecule has 0 fully saturated rings. The second-order valence-corrected chi connectivity index (χ2v) is 5.50. The molecule has 9 heteroatoms. The van der Waals surface area contributed by atoms with Gasteiger partial charge < -0.3 is 9.47 Å². The van der Waals surface area contributed by atoms with Crippen molar-refractivity contribution in [1.29, 1.82) is 0 Å². The van der Waals surface area contributed by atoms with Gasteiger partial charge in [0.05, 0.1) is 19.4 Å². The summed E-state index contributed by atoms with van der Waals surface area (Å²) in [4.78, 5) is 3.97. The van der Waals surface area contributed by atoms with Crippen molar-refractivity contribution in [3.05, 3.63) is 46.5 Å². The third-order valence-electron chi connectivity index (χ3n) is 3.20. The van der Waals surface area contributed by atoms with Crippen molar-refractivity contribution in [1.82, 2.24) is 9.99 Å². The zero-order valence-electron chi connectivity index (χ0n) is 11.8. The fraction of sp³-hybridized carbons (Fsp3) is 0.214. The van der Waals surface area contributed by atoms with Crippen LogP contribution in [0.2, 0.25) is 0 Å². The molecule has 2 aliphatic rings. The number of pyridine rings is 1. The monoisotopic (exact) mass is 389 g/mol. The lowest BCUT2D eigenvalue weighted by atomic mass is 10.3. The Bertz CT molecular complexity index is 721. The van der Waals surface area contributed by atoms with Crippen LogP contribution in [0.5, 0.6) is 11.6 Å². The van der Waals surface area contributed by atoms with E-state index in [-0.39, 0.29) is 11.7 Å². The Balaban J connectivity index is 1.96. The van der Waals surface area contributed by atoms with Crippen LogP contribution in [-0.2, 0) is 0 Å². The van der Waals surface area contributed by atoms with Gasteiger partial charge in [0.1, 0.15) is 0 Å². The lowest BCUT2D eigenvalue weighted by Gasteiger charge is -2.31. The molecule has 2 aliphatic heterocycles. The normalized spacial score (nSPS) is 16.4. The van der Waals surface area contributed by atoms with Crippen molar-refractivity contribution in [3.8, 4) is 11.6 Å². The molecule has 0 spiro atoms. The largest absolute Gasteiger partial charge is 0.478 e. The van der Waals surface area contributed by atoms with Gasteiger partial charge in [-0.15, -0.1) is 0 Å². The number of hydrogen-bond acceptors (Lipinski definition) is 5. The smallest absolute Gasteiger partial charge is 0.387 e. The second kappa shape index (κ2) is 6.15. The van der Waals surface area contributed by atoms with Gasteiger partial charge in [0.15, 0.2) is 17.4 Å². The number of halogens is 4. The average molecular weight is 390 g/mol. The standard InChI is InChI=1S/C14H11BrF3N3O2/c1-22-13-11(23-14(17)18)6-10(16)12(19-13)20-5-4-9-3-2-8(15)7-21(9)20/h2-4,6-7,14H,5H2,1H3. The number of allylic oxidation sites excluding steroid dienone is 3. The fourth-order valence-corrected chi connectivity index (χ4v) is 2.58. The summed E-state index contributed by atoms with van der Waals surface area (Å²) in [5.41, 5.74) is 0.848. The molecule has 0 aliphatic carbocycles. The highest BCUT2D eigenvalue weighted by Gasteiger charge is 2.28. The van der Waals surface area contributed by atoms with Crippen LogP contribution in [0.1, 0.15) is 0 Å². The molecular formula is C14H11BrF3N3O2. The van der Waals surface area contributed by atoms with Crippen molar-refractivity contribution >= 4 is 21.7 Å². The minimum atomic E-state index is -3.10. The van der Waals surface area contributed by atoms with Crippen LogP contribution in [0, 0.1) is 5.82 Å². The first-order chi connectivity index (χ1) is 11.0. The van der Waals surface area contributed by atoms with Gasteiger partial charge in [0.25, 0.3) is 5.88 Å². The molecule has 5 nitrogen and oxygen atoms in total. The second-order valence-electron chi connectivity index (χ2n) is 4.58. The van der Waals surface area contributed by atoms with Crippen LogP contribution in [0.15, 0.2) is 40.7 Å². The molecule has 23 heavy (non-hydrogen) atoms. The van der Waals surface area contributed by atoms with E-state index >= 15 is 0 Å². The number of ether oxygens (including phenoxy) is 2. The first kappa shape index (κ1) is 15.7. The van der Waals surface area contributed by atoms with Gasteiger partial charge in [0, 0.05) is 16.7 Å². The molecule has 3 heterocycles. The molecule has 1 aromatic heterocycles. The van der Waals surface area contributed by atoms with Crippen molar-refractivity contribution in [2.75, 3.05) is 18.7 Å². The van der Waals surface area contributed by atoms with Gasteiger partial charge in [-0.2, -0.15) is 13.8 Å². The van der Waals surface area contributed by atoms with E-state index in [4.69, 9.17) is 4.74 Å². The van der Waals surface area contributed by atoms with Gasteiger partial charge in [-0.1, -0.05) is 0 Å². The molecule has 0 radical (unpaired) electrons. The van der Waals surface area contributed by atoms with E-state index in [2.05, 4.69) is 25.7 Å². The van der Waals surface area contributed by atoms with E-state index in [0.29, 0.717) is 6.54 Å². The van der Waals surface area contributed by atoms with E-state index in [9.17, 15) is 13.2 Å². The number of alkyl halides is 2. The quantitative estimate of drug-likeness (QED) is 0.786. The van der Waals surface area contributed by atoms with Gasteiger partial charge in [-0.05, 0) is 34.2 Å². The zero-order valence-corrected chi connectivity index (χ0v) is 13.4. The van der Waals surface area contributed by atoms with Crippen molar-refractivity contribution < 1.29 is 22.6 Å². The molecule has 0 unspecified atom stereocenters. The SMILES string of the molecule is COc1nc(N2CC=C3C=CC(Br)=CN32)c(F)cc1OC(F)F. The lowest BCUT2D eigenvalue weighted by molar-refractivity contribution is -0.0517. The van der Waals surface area contributed by atoms with E-state index in [0.717, 1.165) is 16.2 Å². The van der Waals surface area contributed by atoms with Gasteiger partial charge in [-0.25, -0.2) is 4.39 Å². The molecule has 0 bridgehead atoms. The molecule has 0 atom stereocenters. The summed E-state index contributed by atoms with van der Waals surface area (Å²) in [7, 11) is 1.25. The summed E-state index contributed by atoms with van der Waals surface area (Å²) in [6, 6.07) is 0.837. The number of rotatable bonds is 4. The maximum atomic E-state index is 14.3. The van der Waals surface area contributed by atoms with Gasteiger partial charge >= 0.3 is 6.61 Å². The van der Waals surface area contributed by atoms with Gasteiger partial charge in [0.2, 0.25) is 0 Å². The predicted molar refractivity (Wildman–Crippen MR) is 80.8 cm³/mol. The van der Waals surface area contributed by atoms with E-state index in [1.807, 2.05) is 18.2 Å². The van der Waals surface area contributed by atoms with Crippen molar-refractivity contribution in [3.63, 3.8) is 0 Å². The van der Waals surface area contributed by atoms with Crippen LogP contribution < -0.4 is 14.5 Å². The number of methoxy groups -OCH3 is 1. The first-order valence-electron chi connectivity index (χ1n) is 6.51. The summed E-state index contributed by atoms with van der Waals surface area (Å²) in [6.07, 6.45) is 7.34. The van der Waals surface area contributed by atoms with Crippen LogP contribution in [0.3, 0.4) is 0 Å². The molecule has 0 saturated heterocycles. The summed E-state index contributed by atoms with van der Waals surface area (Å²) in [5, 5.41) is 3.24. The highest BCUT2D eigenvalue weighted by Crippen LogP contribution is 2.36. The van der Waals surface area contributed by atoms with Crippen LogP contribution >= 0.6 is 15.9 Å². The number of fused-ring (bicyclic) bond motifs is 1. The number of aromatic nitrogens is 1. The summed E-state index contributed by atoms with van der Waals surface area (Å²) in [6.45, 7) is -2.72. The number of hydrazine groups is 1. The number of anilines is 1. The van der Waals surface area contributed by atoms with Gasteiger partial charge in [-0.3, -0.25) is 10.0 Å². The van der Waals surface area contributed by atoms with E-state index < -0.39 is 18.2 Å². The Morgan fingerprint density at radius 2 is 2.13 bits per heavy atom. The number of hydrogen-bond donors (Lipinski definition) is 0. The molecular weight excluding hydrogens is 379 g/mol. The van der Waals surface area contributed by atoms with Crippen molar-refractivity contribution in [2.24, 2.45) is 0 Å². The Hall–Kier alpha value is -2.16. The number of nitrogens with zero attached hydrogens (tertiary/aromatic N) is 3. The summed E-state index contributed by atoms with van der Waals surface area (Å²) < 4.78 is 49.0. The molecule has 0 N–H and O–H groups in total. The topological polar surface area (TPSA) is 37.8 Å². The Kier molecular flexibility index (Phi) is 4.20. The molecule has 122 valence electrons. The molecule has 0 aromatic carbocycles. The Labute approximate surface area is 138 Å². The maximum absolute atomic E-state index is 14.3. The third-order valence-corrected chi connectivity index (χ3v) is 3.67. The van der Waals surface area contributed by atoms with E-state index in [1.54, 1.807) is 16.2 Å². The molecule has 0 amide bonds. The van der Waals surface area contributed by atoms with Crippen LogP contribution in [0.25, 0.3) is 0 Å². The third kappa shape index (κ3) is 3.00. The minimum Gasteiger partial charge on any atom is -0.478 e. The molecule has 1 aromatic rings.